The monoisotopic (exact) mass is 266 g/mol. The van der Waals surface area contributed by atoms with Gasteiger partial charge >= 0.3 is 0 Å². The Hall–Kier alpha value is -1.06. The van der Waals surface area contributed by atoms with Crippen molar-refractivity contribution in [2.75, 3.05) is 6.54 Å². The summed E-state index contributed by atoms with van der Waals surface area (Å²) in [7, 11) is 0. The molecule has 2 atom stereocenters. The van der Waals surface area contributed by atoms with Crippen molar-refractivity contribution in [3.63, 3.8) is 0 Å². The third kappa shape index (κ3) is 2.77. The maximum absolute atomic E-state index is 12.8. The highest BCUT2D eigenvalue weighted by Crippen LogP contribution is 2.43. The first kappa shape index (κ1) is 14.4. The number of hydrogen-bond acceptors (Lipinski definition) is 2. The Morgan fingerprint density at radius 1 is 1.37 bits per heavy atom. The van der Waals surface area contributed by atoms with Crippen LogP contribution >= 0.6 is 0 Å². The van der Waals surface area contributed by atoms with Gasteiger partial charge in [0.1, 0.15) is 6.04 Å². The Labute approximate surface area is 115 Å². The number of amides is 2. The molecule has 1 heterocycles. The lowest BCUT2D eigenvalue weighted by atomic mass is 9.92. The summed E-state index contributed by atoms with van der Waals surface area (Å²) in [5, 5.41) is 2.91. The Kier molecular flexibility index (Phi) is 3.88. The zero-order valence-electron chi connectivity index (χ0n) is 12.5. The van der Waals surface area contributed by atoms with Gasteiger partial charge in [0, 0.05) is 18.5 Å². The van der Waals surface area contributed by atoms with Gasteiger partial charge in [-0.3, -0.25) is 9.59 Å². The molecule has 2 fully saturated rings. The van der Waals surface area contributed by atoms with Crippen molar-refractivity contribution >= 4 is 11.8 Å². The van der Waals surface area contributed by atoms with Crippen molar-refractivity contribution in [2.45, 2.75) is 65.0 Å². The van der Waals surface area contributed by atoms with E-state index >= 15 is 0 Å². The zero-order valence-corrected chi connectivity index (χ0v) is 12.5. The summed E-state index contributed by atoms with van der Waals surface area (Å²) < 4.78 is 0. The van der Waals surface area contributed by atoms with E-state index in [1.807, 2.05) is 11.8 Å². The van der Waals surface area contributed by atoms with Gasteiger partial charge in [0.25, 0.3) is 0 Å². The second-order valence-electron chi connectivity index (χ2n) is 6.60. The molecule has 1 aliphatic heterocycles. The molecule has 2 unspecified atom stereocenters. The van der Waals surface area contributed by atoms with E-state index in [4.69, 9.17) is 0 Å². The summed E-state index contributed by atoms with van der Waals surface area (Å²) in [6, 6.07) is -0.349. The molecule has 19 heavy (non-hydrogen) atoms. The Balaban J connectivity index is 2.23. The van der Waals surface area contributed by atoms with E-state index in [1.54, 1.807) is 0 Å². The summed E-state index contributed by atoms with van der Waals surface area (Å²) in [5.41, 5.74) is -0.116. The molecular formula is C15H26N2O2. The smallest absolute Gasteiger partial charge is 0.245 e. The van der Waals surface area contributed by atoms with Gasteiger partial charge in [-0.2, -0.15) is 0 Å². The molecule has 108 valence electrons. The van der Waals surface area contributed by atoms with E-state index in [0.29, 0.717) is 18.9 Å². The second kappa shape index (κ2) is 5.14. The molecule has 0 bridgehead atoms. The summed E-state index contributed by atoms with van der Waals surface area (Å²) in [5.74, 6) is 0.902. The highest BCUT2D eigenvalue weighted by atomic mass is 16.2. The highest BCUT2D eigenvalue weighted by Gasteiger charge is 2.46. The summed E-state index contributed by atoms with van der Waals surface area (Å²) >= 11 is 0. The van der Waals surface area contributed by atoms with Crippen LogP contribution in [0.1, 0.15) is 53.4 Å². The van der Waals surface area contributed by atoms with Gasteiger partial charge in [-0.05, 0) is 38.5 Å². The van der Waals surface area contributed by atoms with Crippen LogP contribution in [-0.2, 0) is 9.59 Å². The third-order valence-corrected chi connectivity index (χ3v) is 4.90. The standard InChI is InChI=1S/C15H26N2O2/c1-5-10(2)13-14(19)17(9-8-12(18)16-13)15(3,4)11-6-7-11/h10-11,13H,5-9H2,1-4H3,(H,16,18). The molecule has 2 amide bonds. The second-order valence-corrected chi connectivity index (χ2v) is 6.60. The summed E-state index contributed by atoms with van der Waals surface area (Å²) in [4.78, 5) is 26.6. The van der Waals surface area contributed by atoms with Crippen LogP contribution in [0.25, 0.3) is 0 Å². The first-order valence-electron chi connectivity index (χ1n) is 7.48. The molecule has 4 nitrogen and oxygen atoms in total. The quantitative estimate of drug-likeness (QED) is 0.845. The molecule has 1 aliphatic carbocycles. The predicted molar refractivity (Wildman–Crippen MR) is 74.5 cm³/mol. The number of nitrogens with zero attached hydrogens (tertiary/aromatic N) is 1. The number of hydrogen-bond donors (Lipinski definition) is 1. The molecule has 1 saturated carbocycles. The van der Waals surface area contributed by atoms with E-state index in [1.165, 1.54) is 12.8 Å². The summed E-state index contributed by atoms with van der Waals surface area (Å²) in [6.45, 7) is 8.95. The van der Waals surface area contributed by atoms with Gasteiger partial charge in [0.05, 0.1) is 0 Å². The van der Waals surface area contributed by atoms with Crippen LogP contribution < -0.4 is 5.32 Å². The normalized spacial score (nSPS) is 26.9. The fraction of sp³-hybridized carbons (Fsp3) is 0.867. The molecule has 0 aromatic heterocycles. The molecule has 0 radical (unpaired) electrons. The first-order chi connectivity index (χ1) is 8.87. The van der Waals surface area contributed by atoms with Crippen LogP contribution in [0.5, 0.6) is 0 Å². The largest absolute Gasteiger partial charge is 0.344 e. The van der Waals surface area contributed by atoms with Crippen LogP contribution in [0.4, 0.5) is 0 Å². The van der Waals surface area contributed by atoms with E-state index in [0.717, 1.165) is 6.42 Å². The van der Waals surface area contributed by atoms with Crippen LogP contribution in [0, 0.1) is 11.8 Å². The van der Waals surface area contributed by atoms with Crippen LogP contribution in [0.15, 0.2) is 0 Å². The molecule has 4 heteroatoms. The SMILES string of the molecule is CCC(C)C1NC(=O)CCN(C(C)(C)C2CC2)C1=O. The molecule has 0 spiro atoms. The molecule has 0 aromatic carbocycles. The van der Waals surface area contributed by atoms with Crippen molar-refractivity contribution in [2.24, 2.45) is 11.8 Å². The van der Waals surface area contributed by atoms with E-state index in [-0.39, 0.29) is 29.3 Å². The Bertz CT molecular complexity index is 374. The molecule has 2 aliphatic rings. The fourth-order valence-corrected chi connectivity index (χ4v) is 3.00. The molecular weight excluding hydrogens is 240 g/mol. The van der Waals surface area contributed by atoms with Crippen molar-refractivity contribution in [1.82, 2.24) is 10.2 Å². The van der Waals surface area contributed by atoms with Crippen molar-refractivity contribution in [3.05, 3.63) is 0 Å². The maximum atomic E-state index is 12.8. The lowest BCUT2D eigenvalue weighted by Gasteiger charge is -2.40. The van der Waals surface area contributed by atoms with Crippen LogP contribution in [0.3, 0.4) is 0 Å². The number of carbonyl (C=O) groups is 2. The molecule has 1 N–H and O–H groups in total. The van der Waals surface area contributed by atoms with Gasteiger partial charge in [-0.15, -0.1) is 0 Å². The minimum absolute atomic E-state index is 0.00717. The van der Waals surface area contributed by atoms with Crippen LogP contribution in [0.2, 0.25) is 0 Å². The van der Waals surface area contributed by atoms with Crippen LogP contribution in [-0.4, -0.2) is 34.8 Å². The third-order valence-electron chi connectivity index (χ3n) is 4.90. The van der Waals surface area contributed by atoms with Crippen molar-refractivity contribution in [1.29, 1.82) is 0 Å². The van der Waals surface area contributed by atoms with Gasteiger partial charge in [-0.1, -0.05) is 20.3 Å². The average Bonchev–Trinajstić information content (AvgIpc) is 3.18. The van der Waals surface area contributed by atoms with E-state index < -0.39 is 0 Å². The van der Waals surface area contributed by atoms with E-state index in [9.17, 15) is 9.59 Å². The minimum atomic E-state index is -0.349. The minimum Gasteiger partial charge on any atom is -0.344 e. The lowest BCUT2D eigenvalue weighted by molar-refractivity contribution is -0.140. The molecule has 2 rings (SSSR count). The van der Waals surface area contributed by atoms with Gasteiger partial charge in [0.2, 0.25) is 11.8 Å². The average molecular weight is 266 g/mol. The van der Waals surface area contributed by atoms with Crippen molar-refractivity contribution < 1.29 is 9.59 Å². The lowest BCUT2D eigenvalue weighted by Crippen LogP contribution is -2.55. The zero-order chi connectivity index (χ0) is 14.2. The summed E-state index contributed by atoms with van der Waals surface area (Å²) in [6.07, 6.45) is 3.72. The van der Waals surface area contributed by atoms with Crippen molar-refractivity contribution in [3.8, 4) is 0 Å². The number of rotatable bonds is 4. The first-order valence-corrected chi connectivity index (χ1v) is 7.48. The Morgan fingerprint density at radius 2 is 2.00 bits per heavy atom. The predicted octanol–water partition coefficient (Wildman–Crippen LogP) is 1.94. The number of carbonyl (C=O) groups excluding carboxylic acids is 2. The van der Waals surface area contributed by atoms with Gasteiger partial charge < -0.3 is 10.2 Å². The fourth-order valence-electron chi connectivity index (χ4n) is 3.00. The number of nitrogens with one attached hydrogen (secondary N) is 1. The van der Waals surface area contributed by atoms with E-state index in [2.05, 4.69) is 26.1 Å². The molecule has 1 saturated heterocycles. The maximum Gasteiger partial charge on any atom is 0.245 e. The molecule has 0 aromatic rings. The Morgan fingerprint density at radius 3 is 2.53 bits per heavy atom. The van der Waals surface area contributed by atoms with Gasteiger partial charge in [-0.25, -0.2) is 0 Å². The highest BCUT2D eigenvalue weighted by molar-refractivity contribution is 5.90. The van der Waals surface area contributed by atoms with Gasteiger partial charge in [0.15, 0.2) is 0 Å². The topological polar surface area (TPSA) is 49.4 Å².